The van der Waals surface area contributed by atoms with E-state index in [4.69, 9.17) is 25.5 Å². The minimum Gasteiger partial charge on any atom is -0.490 e. The van der Waals surface area contributed by atoms with Crippen molar-refractivity contribution in [1.29, 1.82) is 0 Å². The highest BCUT2D eigenvalue weighted by Crippen LogP contribution is 2.43. The molecule has 3 heterocycles. The van der Waals surface area contributed by atoms with E-state index in [0.717, 1.165) is 5.56 Å². The van der Waals surface area contributed by atoms with Crippen LogP contribution < -0.4 is 19.8 Å². The molecule has 36 heavy (non-hydrogen) atoms. The van der Waals surface area contributed by atoms with Crippen LogP contribution in [0.15, 0.2) is 76.6 Å². The summed E-state index contributed by atoms with van der Waals surface area (Å²) in [6, 6.07) is 12.9. The molecule has 7 nitrogen and oxygen atoms in total. The molecular weight excluding hydrogens is 480 g/mol. The lowest BCUT2D eigenvalue weighted by Crippen LogP contribution is -2.30. The van der Waals surface area contributed by atoms with Gasteiger partial charge in [0.15, 0.2) is 16.9 Å². The summed E-state index contributed by atoms with van der Waals surface area (Å²) in [4.78, 5) is 33.4. The number of anilines is 1. The molecule has 1 amide bonds. The number of nitrogens with zero attached hydrogens (tertiary/aromatic N) is 2. The predicted molar refractivity (Wildman–Crippen MR) is 138 cm³/mol. The summed E-state index contributed by atoms with van der Waals surface area (Å²) >= 11 is 6.17. The lowest BCUT2D eigenvalue weighted by Gasteiger charge is -2.25. The standard InChI is InChI=1S/C28H23ClN2O5/c1-4-12-35-21-9-7-17(13-22(21)34-5-2)25-24-26(32)19-14-18(29)8-10-20(19)36-27(24)28(33)31(25)23-11-6-16(3)15-30-23/h4,6-11,13-15,25H,1,5,12H2,2-3H3. The smallest absolute Gasteiger partial charge is 0.296 e. The van der Waals surface area contributed by atoms with Gasteiger partial charge >= 0.3 is 0 Å². The molecule has 0 N–H and O–H groups in total. The molecule has 0 aliphatic carbocycles. The fraction of sp³-hybridized carbons (Fsp3) is 0.179. The SMILES string of the molecule is C=CCOc1ccc(C2c3c(oc4ccc(Cl)cc4c3=O)C(=O)N2c2ccc(C)cn2)cc1OCC. The first-order valence-corrected chi connectivity index (χ1v) is 11.8. The average molecular weight is 503 g/mol. The van der Waals surface area contributed by atoms with Crippen molar-refractivity contribution < 1.29 is 18.7 Å². The van der Waals surface area contributed by atoms with Gasteiger partial charge in [0.25, 0.3) is 5.91 Å². The Morgan fingerprint density at radius 1 is 1.11 bits per heavy atom. The van der Waals surface area contributed by atoms with Crippen molar-refractivity contribution in [3.8, 4) is 11.5 Å². The maximum Gasteiger partial charge on any atom is 0.296 e. The molecule has 0 radical (unpaired) electrons. The Bertz CT molecular complexity index is 1540. The number of benzene rings is 2. The Morgan fingerprint density at radius 3 is 2.67 bits per heavy atom. The molecular formula is C28H23ClN2O5. The van der Waals surface area contributed by atoms with Gasteiger partial charge in [0.1, 0.15) is 18.0 Å². The third-order valence-electron chi connectivity index (χ3n) is 5.91. The summed E-state index contributed by atoms with van der Waals surface area (Å²) < 4.78 is 17.5. The Hall–Kier alpha value is -4.10. The van der Waals surface area contributed by atoms with Crippen molar-refractivity contribution in [3.63, 3.8) is 0 Å². The van der Waals surface area contributed by atoms with Gasteiger partial charge in [-0.15, -0.1) is 0 Å². The molecule has 4 aromatic rings. The Morgan fingerprint density at radius 2 is 1.94 bits per heavy atom. The van der Waals surface area contributed by atoms with Crippen molar-refractivity contribution in [2.24, 2.45) is 0 Å². The van der Waals surface area contributed by atoms with Crippen LogP contribution in [0.1, 0.15) is 40.2 Å². The summed E-state index contributed by atoms with van der Waals surface area (Å²) in [7, 11) is 0. The molecule has 8 heteroatoms. The van der Waals surface area contributed by atoms with Crippen LogP contribution >= 0.6 is 11.6 Å². The Balaban J connectivity index is 1.75. The second-order valence-corrected chi connectivity index (χ2v) is 8.76. The van der Waals surface area contributed by atoms with E-state index in [1.165, 1.54) is 4.90 Å². The van der Waals surface area contributed by atoms with Gasteiger partial charge in [-0.3, -0.25) is 14.5 Å². The molecule has 0 saturated heterocycles. The van der Waals surface area contributed by atoms with Crippen LogP contribution in [-0.2, 0) is 0 Å². The van der Waals surface area contributed by atoms with Crippen molar-refractivity contribution in [2.45, 2.75) is 19.9 Å². The van der Waals surface area contributed by atoms with E-state index in [1.807, 2.05) is 19.9 Å². The topological polar surface area (TPSA) is 81.9 Å². The molecule has 182 valence electrons. The van der Waals surface area contributed by atoms with Crippen LogP contribution in [0.5, 0.6) is 11.5 Å². The zero-order valence-electron chi connectivity index (χ0n) is 19.8. The third-order valence-corrected chi connectivity index (χ3v) is 6.15. The number of ether oxygens (including phenoxy) is 2. The first-order valence-electron chi connectivity index (χ1n) is 11.5. The number of pyridine rings is 1. The fourth-order valence-electron chi connectivity index (χ4n) is 4.33. The van der Waals surface area contributed by atoms with Crippen molar-refractivity contribution in [2.75, 3.05) is 18.1 Å². The number of carbonyl (C=O) groups excluding carboxylic acids is 1. The van der Waals surface area contributed by atoms with E-state index in [0.29, 0.717) is 46.5 Å². The predicted octanol–water partition coefficient (Wildman–Crippen LogP) is 5.86. The first-order chi connectivity index (χ1) is 17.4. The molecule has 1 unspecified atom stereocenters. The molecule has 1 aliphatic heterocycles. The monoisotopic (exact) mass is 502 g/mol. The molecule has 0 fully saturated rings. The molecule has 1 aliphatic rings. The minimum atomic E-state index is -0.796. The number of amides is 1. The molecule has 0 saturated carbocycles. The van der Waals surface area contributed by atoms with E-state index in [2.05, 4.69) is 11.6 Å². The quantitative estimate of drug-likeness (QED) is 0.294. The van der Waals surface area contributed by atoms with Gasteiger partial charge in [0.2, 0.25) is 5.76 Å². The van der Waals surface area contributed by atoms with E-state index < -0.39 is 11.9 Å². The van der Waals surface area contributed by atoms with E-state index in [-0.39, 0.29) is 22.3 Å². The minimum absolute atomic E-state index is 0.0212. The maximum absolute atomic E-state index is 13.8. The lowest BCUT2D eigenvalue weighted by atomic mass is 9.98. The van der Waals surface area contributed by atoms with Gasteiger partial charge < -0.3 is 13.9 Å². The van der Waals surface area contributed by atoms with Crippen LogP contribution in [0.4, 0.5) is 5.82 Å². The highest BCUT2D eigenvalue weighted by molar-refractivity contribution is 6.31. The highest BCUT2D eigenvalue weighted by atomic mass is 35.5. The third kappa shape index (κ3) is 4.01. The van der Waals surface area contributed by atoms with E-state index in [9.17, 15) is 9.59 Å². The molecule has 2 aromatic carbocycles. The number of rotatable bonds is 7. The maximum atomic E-state index is 13.8. The second-order valence-electron chi connectivity index (χ2n) is 8.32. The van der Waals surface area contributed by atoms with Crippen molar-refractivity contribution in [3.05, 3.63) is 105 Å². The number of hydrogen-bond acceptors (Lipinski definition) is 6. The summed E-state index contributed by atoms with van der Waals surface area (Å²) in [6.45, 7) is 8.17. The van der Waals surface area contributed by atoms with Crippen LogP contribution in [0.2, 0.25) is 5.02 Å². The number of aromatic nitrogens is 1. The Labute approximate surface area is 212 Å². The number of halogens is 1. The molecule has 0 bridgehead atoms. The largest absolute Gasteiger partial charge is 0.490 e. The van der Waals surface area contributed by atoms with Crippen LogP contribution in [-0.4, -0.2) is 24.1 Å². The summed E-state index contributed by atoms with van der Waals surface area (Å²) in [6.07, 6.45) is 3.31. The van der Waals surface area contributed by atoms with Crippen LogP contribution in [0.25, 0.3) is 11.0 Å². The Kier molecular flexibility index (Phi) is 6.24. The number of carbonyl (C=O) groups is 1. The zero-order valence-corrected chi connectivity index (χ0v) is 20.5. The summed E-state index contributed by atoms with van der Waals surface area (Å²) in [5.41, 5.74) is 1.77. The second kappa shape index (κ2) is 9.51. The fourth-order valence-corrected chi connectivity index (χ4v) is 4.50. The number of fused-ring (bicyclic) bond motifs is 2. The normalized spacial score (nSPS) is 14.7. The molecule has 2 aromatic heterocycles. The average Bonchev–Trinajstić information content (AvgIpc) is 3.17. The molecule has 0 spiro atoms. The molecule has 1 atom stereocenters. The number of hydrogen-bond donors (Lipinski definition) is 0. The van der Waals surface area contributed by atoms with E-state index in [1.54, 1.807) is 54.7 Å². The summed E-state index contributed by atoms with van der Waals surface area (Å²) in [5.74, 6) is 0.941. The van der Waals surface area contributed by atoms with Crippen LogP contribution in [0, 0.1) is 6.92 Å². The number of aryl methyl sites for hydroxylation is 1. The zero-order chi connectivity index (χ0) is 25.4. The van der Waals surface area contributed by atoms with Gasteiger partial charge in [0.05, 0.1) is 23.6 Å². The van der Waals surface area contributed by atoms with Crippen molar-refractivity contribution in [1.82, 2.24) is 4.98 Å². The van der Waals surface area contributed by atoms with Gasteiger partial charge in [0, 0.05) is 11.2 Å². The lowest BCUT2D eigenvalue weighted by molar-refractivity contribution is 0.0970. The molecule has 5 rings (SSSR count). The van der Waals surface area contributed by atoms with E-state index >= 15 is 0 Å². The van der Waals surface area contributed by atoms with Gasteiger partial charge in [-0.1, -0.05) is 36.4 Å². The van der Waals surface area contributed by atoms with Gasteiger partial charge in [-0.05, 0) is 61.4 Å². The van der Waals surface area contributed by atoms with Crippen LogP contribution in [0.3, 0.4) is 0 Å². The van der Waals surface area contributed by atoms with Gasteiger partial charge in [-0.25, -0.2) is 4.98 Å². The van der Waals surface area contributed by atoms with Gasteiger partial charge in [-0.2, -0.15) is 0 Å². The highest BCUT2D eigenvalue weighted by Gasteiger charge is 2.44. The first kappa shape index (κ1) is 23.6. The van der Waals surface area contributed by atoms with Crippen molar-refractivity contribution >= 4 is 34.3 Å². The summed E-state index contributed by atoms with van der Waals surface area (Å²) in [5, 5.41) is 0.698.